The van der Waals surface area contributed by atoms with Gasteiger partial charge in [-0.25, -0.2) is 5.43 Å². The summed E-state index contributed by atoms with van der Waals surface area (Å²) >= 11 is 3.22. The second-order valence-corrected chi connectivity index (χ2v) is 7.31. The SMILES string of the molecule is COc1c(Br)cc(/C=N\NC(=O)C(O)(c2ccccc2)c2ccccc2)cc1[N+](=O)[O-]. The maximum absolute atomic E-state index is 13.0. The minimum Gasteiger partial charge on any atom is -0.489 e. The molecule has 3 aromatic carbocycles. The topological polar surface area (TPSA) is 114 Å². The first-order valence-electron chi connectivity index (χ1n) is 9.06. The first kappa shape index (κ1) is 22.1. The second-order valence-electron chi connectivity index (χ2n) is 6.45. The van der Waals surface area contributed by atoms with E-state index >= 15 is 0 Å². The van der Waals surface area contributed by atoms with Crippen LogP contribution in [0, 0.1) is 10.1 Å². The highest BCUT2D eigenvalue weighted by molar-refractivity contribution is 9.10. The summed E-state index contributed by atoms with van der Waals surface area (Å²) in [5.41, 5.74) is 1.19. The number of aliphatic hydroxyl groups is 1. The maximum atomic E-state index is 13.0. The molecule has 3 aromatic rings. The fraction of sp³-hybridized carbons (Fsp3) is 0.0909. The van der Waals surface area contributed by atoms with Crippen molar-refractivity contribution in [2.45, 2.75) is 5.60 Å². The number of ether oxygens (including phenoxy) is 1. The Kier molecular flexibility index (Phi) is 6.78. The summed E-state index contributed by atoms with van der Waals surface area (Å²) in [6.45, 7) is 0. The average Bonchev–Trinajstić information content (AvgIpc) is 2.79. The molecule has 0 bridgehead atoms. The highest BCUT2D eigenvalue weighted by Gasteiger charge is 2.39. The molecule has 0 aliphatic rings. The predicted molar refractivity (Wildman–Crippen MR) is 119 cm³/mol. The number of nitrogens with one attached hydrogen (secondary N) is 1. The number of nitro benzene ring substituents is 1. The van der Waals surface area contributed by atoms with Crippen molar-refractivity contribution in [3.63, 3.8) is 0 Å². The van der Waals surface area contributed by atoms with Crippen LogP contribution in [0.5, 0.6) is 5.75 Å². The smallest absolute Gasteiger partial charge is 0.312 e. The van der Waals surface area contributed by atoms with E-state index in [1.165, 1.54) is 19.4 Å². The summed E-state index contributed by atoms with van der Waals surface area (Å²) in [7, 11) is 1.33. The van der Waals surface area contributed by atoms with E-state index in [9.17, 15) is 20.0 Å². The van der Waals surface area contributed by atoms with Crippen LogP contribution in [0.1, 0.15) is 16.7 Å². The summed E-state index contributed by atoms with van der Waals surface area (Å²) in [5.74, 6) is -0.697. The number of nitrogens with zero attached hydrogens (tertiary/aromatic N) is 2. The molecular weight excluding hydrogens is 466 g/mol. The van der Waals surface area contributed by atoms with Gasteiger partial charge in [0.15, 0.2) is 5.60 Å². The molecule has 3 rings (SSSR count). The van der Waals surface area contributed by atoms with Gasteiger partial charge in [0.1, 0.15) is 0 Å². The predicted octanol–water partition coefficient (Wildman–Crippen LogP) is 3.75. The molecule has 0 saturated heterocycles. The molecule has 0 atom stereocenters. The lowest BCUT2D eigenvalue weighted by Crippen LogP contribution is -2.43. The van der Waals surface area contributed by atoms with Gasteiger partial charge in [-0.1, -0.05) is 60.7 Å². The Morgan fingerprint density at radius 3 is 2.16 bits per heavy atom. The van der Waals surface area contributed by atoms with Gasteiger partial charge in [0.2, 0.25) is 5.75 Å². The molecule has 31 heavy (non-hydrogen) atoms. The normalized spacial score (nSPS) is 11.3. The average molecular weight is 484 g/mol. The van der Waals surface area contributed by atoms with E-state index < -0.39 is 16.4 Å². The third kappa shape index (κ3) is 4.62. The van der Waals surface area contributed by atoms with Crippen LogP contribution in [0.25, 0.3) is 0 Å². The third-order valence-electron chi connectivity index (χ3n) is 4.54. The van der Waals surface area contributed by atoms with E-state index in [4.69, 9.17) is 4.74 Å². The molecule has 8 nitrogen and oxygen atoms in total. The zero-order chi connectivity index (χ0) is 22.4. The van der Waals surface area contributed by atoms with Crippen molar-refractivity contribution in [3.05, 3.63) is 104 Å². The first-order chi connectivity index (χ1) is 14.9. The van der Waals surface area contributed by atoms with E-state index in [-0.39, 0.29) is 11.4 Å². The van der Waals surface area contributed by atoms with Crippen molar-refractivity contribution >= 4 is 33.7 Å². The van der Waals surface area contributed by atoms with E-state index in [1.807, 2.05) is 0 Å². The van der Waals surface area contributed by atoms with Crippen molar-refractivity contribution in [2.24, 2.45) is 5.10 Å². The van der Waals surface area contributed by atoms with E-state index in [1.54, 1.807) is 66.7 Å². The number of hydrogen-bond donors (Lipinski definition) is 2. The molecule has 0 fully saturated rings. The Bertz CT molecular complexity index is 1080. The van der Waals surface area contributed by atoms with Crippen LogP contribution in [-0.4, -0.2) is 29.3 Å². The van der Waals surface area contributed by atoms with Crippen molar-refractivity contribution in [3.8, 4) is 5.75 Å². The quantitative estimate of drug-likeness (QED) is 0.301. The highest BCUT2D eigenvalue weighted by atomic mass is 79.9. The van der Waals surface area contributed by atoms with Crippen LogP contribution in [0.2, 0.25) is 0 Å². The van der Waals surface area contributed by atoms with Crippen molar-refractivity contribution in [1.82, 2.24) is 5.43 Å². The van der Waals surface area contributed by atoms with Gasteiger partial charge in [0.25, 0.3) is 5.91 Å². The van der Waals surface area contributed by atoms with Crippen LogP contribution in [0.3, 0.4) is 0 Å². The molecule has 1 amide bonds. The van der Waals surface area contributed by atoms with Gasteiger partial charge in [-0.15, -0.1) is 0 Å². The van der Waals surface area contributed by atoms with E-state index in [0.29, 0.717) is 21.2 Å². The van der Waals surface area contributed by atoms with E-state index in [2.05, 4.69) is 26.5 Å². The molecular formula is C22H18BrN3O5. The van der Waals surface area contributed by atoms with Crippen molar-refractivity contribution in [1.29, 1.82) is 0 Å². The van der Waals surface area contributed by atoms with E-state index in [0.717, 1.165) is 0 Å². The van der Waals surface area contributed by atoms with Gasteiger partial charge in [-0.2, -0.15) is 5.10 Å². The fourth-order valence-electron chi connectivity index (χ4n) is 3.05. The third-order valence-corrected chi connectivity index (χ3v) is 5.13. The summed E-state index contributed by atoms with van der Waals surface area (Å²) in [6.07, 6.45) is 1.24. The van der Waals surface area contributed by atoms with Gasteiger partial charge < -0.3 is 9.84 Å². The summed E-state index contributed by atoms with van der Waals surface area (Å²) in [5, 5.41) is 26.5. The fourth-order valence-corrected chi connectivity index (χ4v) is 3.67. The summed E-state index contributed by atoms with van der Waals surface area (Å²) in [4.78, 5) is 23.7. The highest BCUT2D eigenvalue weighted by Crippen LogP contribution is 2.35. The minimum atomic E-state index is -1.98. The lowest BCUT2D eigenvalue weighted by atomic mass is 9.85. The number of benzene rings is 3. The zero-order valence-corrected chi connectivity index (χ0v) is 17.9. The molecule has 0 unspecified atom stereocenters. The molecule has 0 aromatic heterocycles. The van der Waals surface area contributed by atoms with Gasteiger partial charge in [0, 0.05) is 11.6 Å². The molecule has 0 spiro atoms. The molecule has 0 aliphatic carbocycles. The van der Waals surface area contributed by atoms with Crippen LogP contribution < -0.4 is 10.2 Å². The lowest BCUT2D eigenvalue weighted by Gasteiger charge is -2.27. The van der Waals surface area contributed by atoms with Crippen LogP contribution in [-0.2, 0) is 10.4 Å². The largest absolute Gasteiger partial charge is 0.489 e. The van der Waals surface area contributed by atoms with Crippen LogP contribution >= 0.6 is 15.9 Å². The maximum Gasteiger partial charge on any atom is 0.312 e. The number of nitro groups is 1. The van der Waals surface area contributed by atoms with Crippen LogP contribution in [0.4, 0.5) is 5.69 Å². The molecule has 9 heteroatoms. The van der Waals surface area contributed by atoms with Crippen molar-refractivity contribution in [2.75, 3.05) is 7.11 Å². The number of methoxy groups -OCH3 is 1. The molecule has 158 valence electrons. The number of hydrogen-bond acceptors (Lipinski definition) is 6. The van der Waals surface area contributed by atoms with Crippen LogP contribution in [0.15, 0.2) is 82.4 Å². The number of carbonyl (C=O) groups excluding carboxylic acids is 1. The molecule has 0 saturated carbocycles. The molecule has 0 aliphatic heterocycles. The molecule has 0 radical (unpaired) electrons. The number of hydrazone groups is 1. The Labute approximate surface area is 186 Å². The Morgan fingerprint density at radius 2 is 1.68 bits per heavy atom. The number of carbonyl (C=O) groups is 1. The molecule has 2 N–H and O–H groups in total. The zero-order valence-electron chi connectivity index (χ0n) is 16.4. The Hall–Kier alpha value is -3.56. The summed E-state index contributed by atoms with van der Waals surface area (Å²) < 4.78 is 5.40. The number of rotatable bonds is 7. The first-order valence-corrected chi connectivity index (χ1v) is 9.86. The van der Waals surface area contributed by atoms with Gasteiger partial charge in [-0.05, 0) is 33.1 Å². The van der Waals surface area contributed by atoms with Gasteiger partial charge >= 0.3 is 5.69 Å². The molecule has 0 heterocycles. The standard InChI is InChI=1S/C22H18BrN3O5/c1-31-20-18(23)12-15(13-19(20)26(29)30)14-24-25-21(27)22(28,16-8-4-2-5-9-16)17-10-6-3-7-11-17/h2-14,28H,1H3,(H,25,27)/b24-14-. The summed E-state index contributed by atoms with van der Waals surface area (Å²) in [6, 6.07) is 19.8. The minimum absolute atomic E-state index is 0.0775. The van der Waals surface area contributed by atoms with Gasteiger partial charge in [0.05, 0.1) is 22.7 Å². The monoisotopic (exact) mass is 483 g/mol. The Morgan fingerprint density at radius 1 is 1.13 bits per heavy atom. The Balaban J connectivity index is 1.90. The number of amides is 1. The van der Waals surface area contributed by atoms with Crippen molar-refractivity contribution < 1.29 is 19.6 Å². The lowest BCUT2D eigenvalue weighted by molar-refractivity contribution is -0.385. The number of halogens is 1. The van der Waals surface area contributed by atoms with Gasteiger partial charge in [-0.3, -0.25) is 14.9 Å². The second kappa shape index (κ2) is 9.50.